The summed E-state index contributed by atoms with van der Waals surface area (Å²) in [4.78, 5) is 24.7. The lowest BCUT2D eigenvalue weighted by molar-refractivity contribution is 0.0600. The number of methoxy groups -OCH3 is 1. The van der Waals surface area contributed by atoms with Gasteiger partial charge in [0.05, 0.1) is 18.4 Å². The lowest BCUT2D eigenvalue weighted by Gasteiger charge is -2.19. The summed E-state index contributed by atoms with van der Waals surface area (Å²) in [7, 11) is 1.36. The van der Waals surface area contributed by atoms with Gasteiger partial charge in [-0.15, -0.1) is 0 Å². The van der Waals surface area contributed by atoms with E-state index in [1.807, 2.05) is 36.4 Å². The third-order valence-corrected chi connectivity index (χ3v) is 6.36. The molecule has 0 radical (unpaired) electrons. The molecule has 1 saturated carbocycles. The van der Waals surface area contributed by atoms with Gasteiger partial charge in [-0.2, -0.15) is 0 Å². The van der Waals surface area contributed by atoms with Crippen LogP contribution >= 0.6 is 11.6 Å². The van der Waals surface area contributed by atoms with E-state index in [0.29, 0.717) is 31.1 Å². The van der Waals surface area contributed by atoms with Crippen molar-refractivity contribution in [3.05, 3.63) is 97.9 Å². The zero-order valence-electron chi connectivity index (χ0n) is 19.0. The summed E-state index contributed by atoms with van der Waals surface area (Å²) in [6, 6.07) is 17.1. The number of esters is 1. The summed E-state index contributed by atoms with van der Waals surface area (Å²) in [6.07, 6.45) is 3.76. The molecular formula is C27H28ClNO4. The number of ether oxygens (including phenoxy) is 2. The first kappa shape index (κ1) is 23.1. The molecule has 1 aromatic heterocycles. The third-order valence-electron chi connectivity index (χ3n) is 6.09. The van der Waals surface area contributed by atoms with Crippen LogP contribution in [0, 0.1) is 0 Å². The summed E-state index contributed by atoms with van der Waals surface area (Å²) < 4.78 is 12.7. The van der Waals surface area contributed by atoms with Gasteiger partial charge in [0.15, 0.2) is 0 Å². The molecule has 0 spiro atoms. The fraction of sp³-hybridized carbons (Fsp3) is 0.333. The monoisotopic (exact) mass is 465 g/mol. The molecule has 3 aromatic rings. The first-order chi connectivity index (χ1) is 16.0. The number of halogens is 1. The van der Waals surface area contributed by atoms with Crippen molar-refractivity contribution in [2.75, 3.05) is 7.11 Å². The third kappa shape index (κ3) is 5.48. The lowest BCUT2D eigenvalue weighted by Crippen LogP contribution is -2.27. The van der Waals surface area contributed by atoms with Crippen molar-refractivity contribution in [1.82, 2.24) is 4.57 Å². The zero-order chi connectivity index (χ0) is 23.4. The van der Waals surface area contributed by atoms with Gasteiger partial charge in [-0.05, 0) is 78.6 Å². The molecule has 1 aliphatic rings. The number of hydrogen-bond donors (Lipinski definition) is 0. The van der Waals surface area contributed by atoms with Gasteiger partial charge in [-0.3, -0.25) is 4.79 Å². The highest BCUT2D eigenvalue weighted by atomic mass is 35.5. The minimum absolute atomic E-state index is 0.201. The van der Waals surface area contributed by atoms with Crippen LogP contribution in [0.4, 0.5) is 0 Å². The molecule has 0 amide bonds. The second kappa shape index (κ2) is 10.3. The standard InChI is InChI=1S/C27H28ClNO4/c1-3-18-5-4-6-22(15-18)33-17-25-23(20-11-12-20)16-24(28)26(30)29(25)14-13-19-7-9-21(10-8-19)27(31)32-2/h4-10,15-16,20H,3,11-14,17H2,1-2H3. The van der Waals surface area contributed by atoms with E-state index >= 15 is 0 Å². The maximum absolute atomic E-state index is 13.0. The molecule has 172 valence electrons. The number of carbonyl (C=O) groups is 1. The molecule has 33 heavy (non-hydrogen) atoms. The van der Waals surface area contributed by atoms with Crippen molar-refractivity contribution < 1.29 is 14.3 Å². The fourth-order valence-electron chi connectivity index (χ4n) is 4.01. The van der Waals surface area contributed by atoms with Gasteiger partial charge in [0.2, 0.25) is 0 Å². The minimum Gasteiger partial charge on any atom is -0.487 e. The van der Waals surface area contributed by atoms with Crippen LogP contribution in [-0.2, 0) is 30.7 Å². The quantitative estimate of drug-likeness (QED) is 0.389. The topological polar surface area (TPSA) is 57.5 Å². The van der Waals surface area contributed by atoms with Crippen LogP contribution in [0.5, 0.6) is 5.75 Å². The van der Waals surface area contributed by atoms with Gasteiger partial charge in [0.25, 0.3) is 5.56 Å². The Hall–Kier alpha value is -3.05. The second-order valence-electron chi connectivity index (χ2n) is 8.35. The van der Waals surface area contributed by atoms with Crippen molar-refractivity contribution in [3.8, 4) is 5.75 Å². The summed E-state index contributed by atoms with van der Waals surface area (Å²) >= 11 is 6.35. The number of carbonyl (C=O) groups excluding carboxylic acids is 1. The first-order valence-corrected chi connectivity index (χ1v) is 11.7. The molecule has 0 saturated heterocycles. The van der Waals surface area contributed by atoms with Crippen LogP contribution in [-0.4, -0.2) is 17.6 Å². The summed E-state index contributed by atoms with van der Waals surface area (Å²) in [5, 5.41) is 0.245. The number of aryl methyl sites for hydroxylation is 2. The Morgan fingerprint density at radius 1 is 1.09 bits per heavy atom. The molecule has 2 aromatic carbocycles. The van der Waals surface area contributed by atoms with Gasteiger partial charge in [-0.1, -0.05) is 42.8 Å². The molecule has 0 N–H and O–H groups in total. The van der Waals surface area contributed by atoms with E-state index < -0.39 is 0 Å². The van der Waals surface area contributed by atoms with Crippen LogP contribution in [0.1, 0.15) is 58.4 Å². The maximum atomic E-state index is 13.0. The molecule has 0 unspecified atom stereocenters. The average molecular weight is 466 g/mol. The summed E-state index contributed by atoms with van der Waals surface area (Å²) in [6.45, 7) is 2.90. The SMILES string of the molecule is CCc1cccc(OCc2c(C3CC3)cc(Cl)c(=O)n2CCc2ccc(C(=O)OC)cc2)c1. The molecular weight excluding hydrogens is 438 g/mol. The van der Waals surface area contributed by atoms with E-state index in [9.17, 15) is 9.59 Å². The van der Waals surface area contributed by atoms with Gasteiger partial charge in [0.1, 0.15) is 17.4 Å². The van der Waals surface area contributed by atoms with E-state index in [1.165, 1.54) is 12.7 Å². The van der Waals surface area contributed by atoms with Gasteiger partial charge in [0, 0.05) is 6.54 Å². The van der Waals surface area contributed by atoms with Crippen LogP contribution in [0.15, 0.2) is 59.4 Å². The fourth-order valence-corrected chi connectivity index (χ4v) is 4.23. The highest BCUT2D eigenvalue weighted by Crippen LogP contribution is 2.42. The van der Waals surface area contributed by atoms with Crippen LogP contribution in [0.2, 0.25) is 5.02 Å². The Balaban J connectivity index is 1.59. The van der Waals surface area contributed by atoms with E-state index in [-0.39, 0.29) is 16.6 Å². The number of nitrogens with zero attached hydrogens (tertiary/aromatic N) is 1. The number of pyridine rings is 1. The lowest BCUT2D eigenvalue weighted by atomic mass is 10.1. The number of benzene rings is 2. The number of rotatable bonds is 9. The van der Waals surface area contributed by atoms with E-state index in [4.69, 9.17) is 21.1 Å². The largest absolute Gasteiger partial charge is 0.487 e. The summed E-state index contributed by atoms with van der Waals surface area (Å²) in [5.41, 5.74) is 4.52. The van der Waals surface area contributed by atoms with Crippen molar-refractivity contribution in [2.45, 2.75) is 51.7 Å². The van der Waals surface area contributed by atoms with Gasteiger partial charge >= 0.3 is 5.97 Å². The normalized spacial score (nSPS) is 13.1. The van der Waals surface area contributed by atoms with Crippen LogP contribution < -0.4 is 10.3 Å². The van der Waals surface area contributed by atoms with Crippen molar-refractivity contribution in [3.63, 3.8) is 0 Å². The molecule has 1 fully saturated rings. The Labute approximate surface area is 198 Å². The van der Waals surface area contributed by atoms with Gasteiger partial charge < -0.3 is 14.0 Å². The summed E-state index contributed by atoms with van der Waals surface area (Å²) in [5.74, 6) is 0.853. The molecule has 1 heterocycles. The zero-order valence-corrected chi connectivity index (χ0v) is 19.7. The second-order valence-corrected chi connectivity index (χ2v) is 8.76. The van der Waals surface area contributed by atoms with E-state index in [2.05, 4.69) is 13.0 Å². The average Bonchev–Trinajstić information content (AvgIpc) is 3.69. The van der Waals surface area contributed by atoms with E-state index in [1.54, 1.807) is 16.7 Å². The highest BCUT2D eigenvalue weighted by Gasteiger charge is 2.29. The van der Waals surface area contributed by atoms with E-state index in [0.717, 1.165) is 41.8 Å². The molecule has 5 nitrogen and oxygen atoms in total. The van der Waals surface area contributed by atoms with Crippen molar-refractivity contribution in [1.29, 1.82) is 0 Å². The van der Waals surface area contributed by atoms with Gasteiger partial charge in [-0.25, -0.2) is 4.79 Å². The molecule has 0 bridgehead atoms. The Morgan fingerprint density at radius 2 is 1.85 bits per heavy atom. The molecule has 4 rings (SSSR count). The predicted octanol–water partition coefficient (Wildman–Crippen LogP) is 5.55. The minimum atomic E-state index is -0.367. The number of hydrogen-bond acceptors (Lipinski definition) is 4. The first-order valence-electron chi connectivity index (χ1n) is 11.3. The maximum Gasteiger partial charge on any atom is 0.337 e. The Morgan fingerprint density at radius 3 is 2.52 bits per heavy atom. The van der Waals surface area contributed by atoms with Crippen LogP contribution in [0.3, 0.4) is 0 Å². The Kier molecular flexibility index (Phi) is 7.19. The molecule has 0 atom stereocenters. The number of aromatic nitrogens is 1. The van der Waals surface area contributed by atoms with Crippen molar-refractivity contribution >= 4 is 17.6 Å². The molecule has 6 heteroatoms. The predicted molar refractivity (Wildman–Crippen MR) is 129 cm³/mol. The Bertz CT molecular complexity index is 1200. The van der Waals surface area contributed by atoms with Crippen molar-refractivity contribution in [2.24, 2.45) is 0 Å². The molecule has 0 aliphatic heterocycles. The smallest absolute Gasteiger partial charge is 0.337 e. The highest BCUT2D eigenvalue weighted by molar-refractivity contribution is 6.30. The van der Waals surface area contributed by atoms with Crippen LogP contribution in [0.25, 0.3) is 0 Å². The molecule has 1 aliphatic carbocycles.